The summed E-state index contributed by atoms with van der Waals surface area (Å²) in [5.41, 5.74) is 4.35. The molecule has 0 saturated carbocycles. The van der Waals surface area contributed by atoms with Crippen LogP contribution in [0.5, 0.6) is 11.5 Å². The summed E-state index contributed by atoms with van der Waals surface area (Å²) in [4.78, 5) is 25.3. The number of ether oxygens (including phenoxy) is 2. The van der Waals surface area contributed by atoms with Crippen LogP contribution < -0.4 is 19.9 Å². The van der Waals surface area contributed by atoms with Crippen LogP contribution in [0.25, 0.3) is 6.08 Å². The number of hydrazine groups is 1. The van der Waals surface area contributed by atoms with Gasteiger partial charge in [0.15, 0.2) is 11.5 Å². The van der Waals surface area contributed by atoms with E-state index in [1.54, 1.807) is 48.5 Å². The SMILES string of the molecule is CCOc1cc(/C=C2\C(=O)NN(c3ccccc3)C2=O)cc(Cl)c1OCc1ccc(F)cc1. The van der Waals surface area contributed by atoms with Gasteiger partial charge in [-0.25, -0.2) is 9.40 Å². The number of rotatable bonds is 7. The second kappa shape index (κ2) is 9.75. The van der Waals surface area contributed by atoms with Gasteiger partial charge in [-0.05, 0) is 60.5 Å². The molecule has 3 aromatic rings. The number of hydrogen-bond acceptors (Lipinski definition) is 4. The fourth-order valence-electron chi connectivity index (χ4n) is 3.29. The molecule has 0 radical (unpaired) electrons. The zero-order valence-electron chi connectivity index (χ0n) is 17.7. The van der Waals surface area contributed by atoms with Crippen molar-refractivity contribution in [2.24, 2.45) is 0 Å². The minimum Gasteiger partial charge on any atom is -0.490 e. The molecule has 3 aromatic carbocycles. The summed E-state index contributed by atoms with van der Waals surface area (Å²) in [6.07, 6.45) is 1.46. The lowest BCUT2D eigenvalue weighted by Crippen LogP contribution is -2.35. The quantitative estimate of drug-likeness (QED) is 0.396. The van der Waals surface area contributed by atoms with E-state index in [2.05, 4.69) is 5.43 Å². The number of carbonyl (C=O) groups is 2. The van der Waals surface area contributed by atoms with Crippen LogP contribution in [0.1, 0.15) is 18.1 Å². The third kappa shape index (κ3) is 4.99. The molecule has 1 N–H and O–H groups in total. The van der Waals surface area contributed by atoms with Crippen molar-refractivity contribution in [3.05, 3.63) is 94.3 Å². The lowest BCUT2D eigenvalue weighted by atomic mass is 10.1. The Labute approximate surface area is 195 Å². The minimum atomic E-state index is -0.519. The molecule has 8 heteroatoms. The molecule has 1 aliphatic heterocycles. The monoisotopic (exact) mass is 466 g/mol. The van der Waals surface area contributed by atoms with E-state index >= 15 is 0 Å². The highest BCUT2D eigenvalue weighted by Gasteiger charge is 2.34. The maximum absolute atomic E-state index is 13.1. The molecular weight excluding hydrogens is 447 g/mol. The van der Waals surface area contributed by atoms with Gasteiger partial charge in [0.1, 0.15) is 18.0 Å². The molecule has 1 saturated heterocycles. The van der Waals surface area contributed by atoms with Crippen molar-refractivity contribution < 1.29 is 23.5 Å². The standard InChI is InChI=1S/C25H20ClFN2O4/c1-2-32-22-14-17(13-21(26)23(22)33-15-16-8-10-18(27)11-9-16)12-20-24(30)28-29(25(20)31)19-6-4-3-5-7-19/h3-14H,2,15H2,1H3,(H,28,30)/b20-12+. The number of amides is 2. The highest BCUT2D eigenvalue weighted by atomic mass is 35.5. The van der Waals surface area contributed by atoms with Gasteiger partial charge in [0.05, 0.1) is 17.3 Å². The number of benzene rings is 3. The van der Waals surface area contributed by atoms with Crippen molar-refractivity contribution in [1.82, 2.24) is 5.43 Å². The Morgan fingerprint density at radius 3 is 2.45 bits per heavy atom. The van der Waals surface area contributed by atoms with Crippen LogP contribution >= 0.6 is 11.6 Å². The van der Waals surface area contributed by atoms with Gasteiger partial charge in [-0.2, -0.15) is 0 Å². The molecule has 1 heterocycles. The minimum absolute atomic E-state index is 0.0302. The largest absolute Gasteiger partial charge is 0.490 e. The molecule has 0 bridgehead atoms. The highest BCUT2D eigenvalue weighted by Crippen LogP contribution is 2.38. The van der Waals surface area contributed by atoms with E-state index in [0.717, 1.165) is 5.56 Å². The molecule has 0 aromatic heterocycles. The molecule has 0 aliphatic carbocycles. The van der Waals surface area contributed by atoms with Gasteiger partial charge in [0, 0.05) is 0 Å². The first-order chi connectivity index (χ1) is 16.0. The maximum atomic E-state index is 13.1. The highest BCUT2D eigenvalue weighted by molar-refractivity contribution is 6.33. The zero-order valence-corrected chi connectivity index (χ0v) is 18.4. The van der Waals surface area contributed by atoms with Crippen LogP contribution in [0.2, 0.25) is 5.02 Å². The third-order valence-electron chi connectivity index (χ3n) is 4.84. The Hall–Kier alpha value is -3.84. The van der Waals surface area contributed by atoms with Crippen molar-refractivity contribution in [1.29, 1.82) is 0 Å². The van der Waals surface area contributed by atoms with Crippen LogP contribution in [0.4, 0.5) is 10.1 Å². The molecule has 33 heavy (non-hydrogen) atoms. The summed E-state index contributed by atoms with van der Waals surface area (Å²) in [6, 6.07) is 18.0. The van der Waals surface area contributed by atoms with E-state index in [-0.39, 0.29) is 23.0 Å². The Morgan fingerprint density at radius 2 is 1.76 bits per heavy atom. The van der Waals surface area contributed by atoms with Crippen molar-refractivity contribution in [3.8, 4) is 11.5 Å². The summed E-state index contributed by atoms with van der Waals surface area (Å²) >= 11 is 6.45. The number of para-hydroxylation sites is 1. The fraction of sp³-hybridized carbons (Fsp3) is 0.120. The van der Waals surface area contributed by atoms with Crippen molar-refractivity contribution >= 4 is 35.2 Å². The fourth-order valence-corrected chi connectivity index (χ4v) is 3.57. The van der Waals surface area contributed by atoms with E-state index in [1.807, 2.05) is 13.0 Å². The van der Waals surface area contributed by atoms with Gasteiger partial charge in [-0.15, -0.1) is 0 Å². The van der Waals surface area contributed by atoms with Gasteiger partial charge in [-0.1, -0.05) is 41.9 Å². The Bertz CT molecular complexity index is 1210. The topological polar surface area (TPSA) is 67.9 Å². The molecular formula is C25H20ClFN2O4. The average Bonchev–Trinajstić information content (AvgIpc) is 3.09. The van der Waals surface area contributed by atoms with Crippen molar-refractivity contribution in [2.45, 2.75) is 13.5 Å². The predicted molar refractivity (Wildman–Crippen MR) is 123 cm³/mol. The molecule has 0 unspecified atom stereocenters. The summed E-state index contributed by atoms with van der Waals surface area (Å²) in [5.74, 6) is -0.644. The summed E-state index contributed by atoms with van der Waals surface area (Å²) in [7, 11) is 0. The zero-order chi connectivity index (χ0) is 23.4. The van der Waals surface area contributed by atoms with Crippen LogP contribution in [0.15, 0.2) is 72.3 Å². The van der Waals surface area contributed by atoms with Crippen molar-refractivity contribution in [2.75, 3.05) is 11.6 Å². The summed E-state index contributed by atoms with van der Waals surface area (Å²) in [6.45, 7) is 2.33. The van der Waals surface area contributed by atoms with E-state index in [4.69, 9.17) is 21.1 Å². The van der Waals surface area contributed by atoms with E-state index in [0.29, 0.717) is 29.4 Å². The van der Waals surface area contributed by atoms with Gasteiger partial charge >= 0.3 is 0 Å². The first-order valence-corrected chi connectivity index (χ1v) is 10.6. The Morgan fingerprint density at radius 1 is 1.03 bits per heavy atom. The summed E-state index contributed by atoms with van der Waals surface area (Å²) < 4.78 is 24.6. The van der Waals surface area contributed by atoms with Crippen molar-refractivity contribution in [3.63, 3.8) is 0 Å². The number of nitrogens with one attached hydrogen (secondary N) is 1. The van der Waals surface area contributed by atoms with E-state index in [1.165, 1.54) is 23.2 Å². The van der Waals surface area contributed by atoms with Crippen LogP contribution in [-0.4, -0.2) is 18.4 Å². The predicted octanol–water partition coefficient (Wildman–Crippen LogP) is 4.92. The smallest absolute Gasteiger partial charge is 0.282 e. The first-order valence-electron chi connectivity index (χ1n) is 10.2. The number of nitrogens with zero attached hydrogens (tertiary/aromatic N) is 1. The summed E-state index contributed by atoms with van der Waals surface area (Å²) in [5, 5.41) is 1.44. The average molecular weight is 467 g/mol. The number of carbonyl (C=O) groups excluding carboxylic acids is 2. The normalized spacial score (nSPS) is 14.5. The Kier molecular flexibility index (Phi) is 6.60. The molecule has 168 valence electrons. The first kappa shape index (κ1) is 22.4. The lowest BCUT2D eigenvalue weighted by Gasteiger charge is -2.15. The molecule has 0 atom stereocenters. The molecule has 2 amide bonds. The van der Waals surface area contributed by atoms with Gasteiger partial charge in [0.2, 0.25) is 0 Å². The number of anilines is 1. The second-order valence-corrected chi connectivity index (χ2v) is 7.56. The van der Waals surface area contributed by atoms with E-state index < -0.39 is 11.8 Å². The van der Waals surface area contributed by atoms with Crippen LogP contribution in [0, 0.1) is 5.82 Å². The van der Waals surface area contributed by atoms with Gasteiger partial charge in [0.25, 0.3) is 11.8 Å². The molecule has 6 nitrogen and oxygen atoms in total. The molecule has 1 fully saturated rings. The maximum Gasteiger partial charge on any atom is 0.282 e. The second-order valence-electron chi connectivity index (χ2n) is 7.15. The van der Waals surface area contributed by atoms with Gasteiger partial charge in [-0.3, -0.25) is 15.0 Å². The molecule has 0 spiro atoms. The Balaban J connectivity index is 1.60. The lowest BCUT2D eigenvalue weighted by molar-refractivity contribution is -0.117. The molecule has 1 aliphatic rings. The van der Waals surface area contributed by atoms with Gasteiger partial charge < -0.3 is 9.47 Å². The molecule has 4 rings (SSSR count). The number of halogens is 2. The van der Waals surface area contributed by atoms with E-state index in [9.17, 15) is 14.0 Å². The third-order valence-corrected chi connectivity index (χ3v) is 5.13. The van der Waals surface area contributed by atoms with Crippen LogP contribution in [0.3, 0.4) is 0 Å². The number of hydrogen-bond donors (Lipinski definition) is 1. The van der Waals surface area contributed by atoms with Crippen LogP contribution in [-0.2, 0) is 16.2 Å².